The molecule has 1 aliphatic rings. The van der Waals surface area contributed by atoms with Gasteiger partial charge in [-0.3, -0.25) is 9.69 Å². The first kappa shape index (κ1) is 12.5. The molecule has 0 saturated carbocycles. The predicted molar refractivity (Wildman–Crippen MR) is 65.2 cm³/mol. The van der Waals surface area contributed by atoms with Crippen LogP contribution in [0.3, 0.4) is 0 Å². The largest absolute Gasteiger partial charge is 0.480 e. The maximum atomic E-state index is 13.2. The summed E-state index contributed by atoms with van der Waals surface area (Å²) in [6.07, 6.45) is 1.55. The van der Waals surface area contributed by atoms with Crippen molar-refractivity contribution < 1.29 is 14.3 Å². The maximum absolute atomic E-state index is 13.2. The number of carboxylic acid groups (broad SMARTS) is 1. The molecular weight excluding hydrogens is 289 g/mol. The van der Waals surface area contributed by atoms with E-state index in [2.05, 4.69) is 15.9 Å². The Morgan fingerprint density at radius 3 is 2.94 bits per heavy atom. The van der Waals surface area contributed by atoms with Gasteiger partial charge in [0.25, 0.3) is 0 Å². The standard InChI is InChI=1S/C12H13BrFNO2/c13-9-4-8(5-10(14)6-9)7-15-3-1-2-11(15)12(16)17/h4-6,11H,1-3,7H2,(H,16,17). The van der Waals surface area contributed by atoms with Gasteiger partial charge in [0.2, 0.25) is 0 Å². The molecule has 1 atom stereocenters. The van der Waals surface area contributed by atoms with E-state index >= 15 is 0 Å². The van der Waals surface area contributed by atoms with Crippen LogP contribution in [0.4, 0.5) is 4.39 Å². The summed E-state index contributed by atoms with van der Waals surface area (Å²) in [4.78, 5) is 12.9. The van der Waals surface area contributed by atoms with Crippen molar-refractivity contribution in [2.24, 2.45) is 0 Å². The monoisotopic (exact) mass is 301 g/mol. The summed E-state index contributed by atoms with van der Waals surface area (Å²) in [5, 5.41) is 9.05. The van der Waals surface area contributed by atoms with Crippen molar-refractivity contribution in [3.05, 3.63) is 34.1 Å². The number of carbonyl (C=O) groups is 1. The number of hydrogen-bond acceptors (Lipinski definition) is 2. The molecule has 1 aromatic rings. The van der Waals surface area contributed by atoms with Gasteiger partial charge in [-0.05, 0) is 43.1 Å². The van der Waals surface area contributed by atoms with E-state index < -0.39 is 12.0 Å². The number of carboxylic acids is 1. The number of likely N-dealkylation sites (tertiary alicyclic amines) is 1. The van der Waals surface area contributed by atoms with E-state index in [0.29, 0.717) is 17.4 Å². The highest BCUT2D eigenvalue weighted by Gasteiger charge is 2.30. The fourth-order valence-corrected chi connectivity index (χ4v) is 2.74. The van der Waals surface area contributed by atoms with Crippen LogP contribution in [-0.2, 0) is 11.3 Å². The third-order valence-electron chi connectivity index (χ3n) is 2.96. The van der Waals surface area contributed by atoms with Crippen LogP contribution in [0.1, 0.15) is 18.4 Å². The van der Waals surface area contributed by atoms with Crippen LogP contribution in [0.5, 0.6) is 0 Å². The van der Waals surface area contributed by atoms with Crippen molar-refractivity contribution in [2.45, 2.75) is 25.4 Å². The van der Waals surface area contributed by atoms with Gasteiger partial charge in [0.15, 0.2) is 0 Å². The Balaban J connectivity index is 2.12. The lowest BCUT2D eigenvalue weighted by Gasteiger charge is -2.21. The van der Waals surface area contributed by atoms with Gasteiger partial charge in [-0.1, -0.05) is 15.9 Å². The van der Waals surface area contributed by atoms with E-state index in [-0.39, 0.29) is 5.82 Å². The molecule has 0 aromatic heterocycles. The SMILES string of the molecule is O=C(O)C1CCCN1Cc1cc(F)cc(Br)c1. The first-order valence-corrected chi connectivity index (χ1v) is 6.27. The van der Waals surface area contributed by atoms with Gasteiger partial charge in [0.1, 0.15) is 11.9 Å². The molecule has 17 heavy (non-hydrogen) atoms. The van der Waals surface area contributed by atoms with Gasteiger partial charge in [0, 0.05) is 11.0 Å². The fourth-order valence-electron chi connectivity index (χ4n) is 2.23. The average Bonchev–Trinajstić information content (AvgIpc) is 2.63. The second-order valence-corrected chi connectivity index (χ2v) is 5.16. The molecule has 0 aliphatic carbocycles. The summed E-state index contributed by atoms with van der Waals surface area (Å²) in [6.45, 7) is 1.23. The molecule has 1 fully saturated rings. The molecule has 5 heteroatoms. The summed E-state index contributed by atoms with van der Waals surface area (Å²) >= 11 is 3.23. The van der Waals surface area contributed by atoms with E-state index in [9.17, 15) is 9.18 Å². The molecule has 92 valence electrons. The summed E-state index contributed by atoms with van der Waals surface area (Å²) in [5.74, 6) is -1.10. The average molecular weight is 302 g/mol. The van der Waals surface area contributed by atoms with Crippen LogP contribution in [0.15, 0.2) is 22.7 Å². The summed E-state index contributed by atoms with van der Waals surface area (Å²) < 4.78 is 13.9. The van der Waals surface area contributed by atoms with E-state index in [4.69, 9.17) is 5.11 Å². The van der Waals surface area contributed by atoms with Crippen molar-refractivity contribution in [2.75, 3.05) is 6.54 Å². The summed E-state index contributed by atoms with van der Waals surface area (Å²) in [6, 6.07) is 4.22. The molecule has 3 nitrogen and oxygen atoms in total. The van der Waals surface area contributed by atoms with Crippen molar-refractivity contribution in [3.63, 3.8) is 0 Å². The Kier molecular flexibility index (Phi) is 3.79. The minimum atomic E-state index is -0.794. The minimum Gasteiger partial charge on any atom is -0.480 e. The Labute approximate surface area is 107 Å². The Hall–Kier alpha value is -0.940. The molecule has 1 aliphatic heterocycles. The molecule has 1 heterocycles. The van der Waals surface area contributed by atoms with E-state index in [0.717, 1.165) is 18.5 Å². The van der Waals surface area contributed by atoms with Crippen LogP contribution in [-0.4, -0.2) is 28.6 Å². The number of nitrogens with zero attached hydrogens (tertiary/aromatic N) is 1. The molecular formula is C12H13BrFNO2. The van der Waals surface area contributed by atoms with E-state index in [1.807, 2.05) is 11.0 Å². The van der Waals surface area contributed by atoms with Crippen LogP contribution in [0.2, 0.25) is 0 Å². The minimum absolute atomic E-state index is 0.305. The number of halogens is 2. The molecule has 0 radical (unpaired) electrons. The van der Waals surface area contributed by atoms with Crippen molar-refractivity contribution in [3.8, 4) is 0 Å². The van der Waals surface area contributed by atoms with Gasteiger partial charge >= 0.3 is 5.97 Å². The summed E-state index contributed by atoms with van der Waals surface area (Å²) in [7, 11) is 0. The second kappa shape index (κ2) is 5.14. The quantitative estimate of drug-likeness (QED) is 0.933. The zero-order chi connectivity index (χ0) is 12.4. The molecule has 1 N–H and O–H groups in total. The lowest BCUT2D eigenvalue weighted by Crippen LogP contribution is -2.35. The zero-order valence-electron chi connectivity index (χ0n) is 9.20. The molecule has 0 amide bonds. The normalized spacial score (nSPS) is 20.7. The number of hydrogen-bond donors (Lipinski definition) is 1. The lowest BCUT2D eigenvalue weighted by atomic mass is 10.2. The van der Waals surface area contributed by atoms with Crippen LogP contribution in [0.25, 0.3) is 0 Å². The predicted octanol–water partition coefficient (Wildman–Crippen LogP) is 2.64. The number of rotatable bonds is 3. The van der Waals surface area contributed by atoms with Crippen LogP contribution in [0, 0.1) is 5.82 Å². The molecule has 0 spiro atoms. The first-order chi connectivity index (χ1) is 8.06. The van der Waals surface area contributed by atoms with Crippen molar-refractivity contribution >= 4 is 21.9 Å². The van der Waals surface area contributed by atoms with Gasteiger partial charge < -0.3 is 5.11 Å². The van der Waals surface area contributed by atoms with Gasteiger partial charge in [0.05, 0.1) is 0 Å². The fraction of sp³-hybridized carbons (Fsp3) is 0.417. The highest BCUT2D eigenvalue weighted by Crippen LogP contribution is 2.22. The molecule has 1 saturated heterocycles. The van der Waals surface area contributed by atoms with E-state index in [1.54, 1.807) is 0 Å². The van der Waals surface area contributed by atoms with Crippen LogP contribution < -0.4 is 0 Å². The van der Waals surface area contributed by atoms with Crippen molar-refractivity contribution in [1.29, 1.82) is 0 Å². The van der Waals surface area contributed by atoms with Crippen LogP contribution >= 0.6 is 15.9 Å². The molecule has 1 aromatic carbocycles. The van der Waals surface area contributed by atoms with Gasteiger partial charge in [-0.2, -0.15) is 0 Å². The smallest absolute Gasteiger partial charge is 0.320 e. The number of benzene rings is 1. The number of aliphatic carboxylic acids is 1. The lowest BCUT2D eigenvalue weighted by molar-refractivity contribution is -0.142. The van der Waals surface area contributed by atoms with E-state index in [1.165, 1.54) is 12.1 Å². The third-order valence-corrected chi connectivity index (χ3v) is 3.41. The highest BCUT2D eigenvalue weighted by molar-refractivity contribution is 9.10. The maximum Gasteiger partial charge on any atom is 0.320 e. The third kappa shape index (κ3) is 3.04. The second-order valence-electron chi connectivity index (χ2n) is 4.24. The Morgan fingerprint density at radius 1 is 1.53 bits per heavy atom. The zero-order valence-corrected chi connectivity index (χ0v) is 10.8. The van der Waals surface area contributed by atoms with Gasteiger partial charge in [-0.25, -0.2) is 4.39 Å². The first-order valence-electron chi connectivity index (χ1n) is 5.48. The molecule has 2 rings (SSSR count). The topological polar surface area (TPSA) is 40.5 Å². The highest BCUT2D eigenvalue weighted by atomic mass is 79.9. The Morgan fingerprint density at radius 2 is 2.29 bits per heavy atom. The van der Waals surface area contributed by atoms with Crippen molar-refractivity contribution in [1.82, 2.24) is 4.90 Å². The van der Waals surface area contributed by atoms with Gasteiger partial charge in [-0.15, -0.1) is 0 Å². The molecule has 1 unspecified atom stereocenters. The Bertz CT molecular complexity index is 418. The molecule has 0 bridgehead atoms. The summed E-state index contributed by atoms with van der Waals surface area (Å²) in [5.41, 5.74) is 0.796.